The van der Waals surface area contributed by atoms with Crippen LogP contribution in [0, 0.1) is 15.9 Å². The van der Waals surface area contributed by atoms with Crippen LogP contribution in [0.1, 0.15) is 6.42 Å². The lowest BCUT2D eigenvalue weighted by molar-refractivity contribution is -0.384. The lowest BCUT2D eigenvalue weighted by atomic mass is 10.1. The van der Waals surface area contributed by atoms with Gasteiger partial charge in [-0.1, -0.05) is 0 Å². The van der Waals surface area contributed by atoms with Crippen LogP contribution in [0.3, 0.4) is 0 Å². The van der Waals surface area contributed by atoms with Gasteiger partial charge in [0.2, 0.25) is 0 Å². The van der Waals surface area contributed by atoms with E-state index in [0.29, 0.717) is 25.2 Å². The molecule has 0 aromatic heterocycles. The molecule has 1 saturated heterocycles. The van der Waals surface area contributed by atoms with Gasteiger partial charge in [-0.3, -0.25) is 10.1 Å². The van der Waals surface area contributed by atoms with Gasteiger partial charge in [-0.05, 0) is 42.5 Å². The number of rotatable bonds is 4. The maximum absolute atomic E-state index is 13.6. The molecule has 6 nitrogen and oxygen atoms in total. The molecule has 1 heterocycles. The standard InChI is InChI=1S/C13H17BrFN3O3/c1-16(2)6-8-3-9(19)7-17(8)12-4-10(14)11(15)5-13(12)18(20)21/h4-5,8-9,19H,3,6-7H2,1-2H3. The number of β-amino-alcohol motifs (C(OH)–C–C–N with tert-alkyl or cyclic N) is 1. The SMILES string of the molecule is CN(C)CC1CC(O)CN1c1cc(Br)c(F)cc1[N+](=O)[O-]. The van der Waals surface area contributed by atoms with Gasteiger partial charge in [0.15, 0.2) is 0 Å². The summed E-state index contributed by atoms with van der Waals surface area (Å²) in [4.78, 5) is 14.3. The summed E-state index contributed by atoms with van der Waals surface area (Å²) < 4.78 is 13.7. The van der Waals surface area contributed by atoms with Gasteiger partial charge in [-0.15, -0.1) is 0 Å². The van der Waals surface area contributed by atoms with Crippen molar-refractivity contribution >= 4 is 27.3 Å². The Balaban J connectivity index is 2.43. The third kappa shape index (κ3) is 3.50. The highest BCUT2D eigenvalue weighted by molar-refractivity contribution is 9.10. The Morgan fingerprint density at radius 2 is 2.24 bits per heavy atom. The molecule has 2 rings (SSSR count). The second-order valence-corrected chi connectivity index (χ2v) is 6.32. The summed E-state index contributed by atoms with van der Waals surface area (Å²) >= 11 is 3.07. The number of halogens is 2. The zero-order valence-electron chi connectivity index (χ0n) is 11.8. The van der Waals surface area contributed by atoms with E-state index in [4.69, 9.17) is 0 Å². The molecule has 0 aliphatic carbocycles. The molecule has 21 heavy (non-hydrogen) atoms. The summed E-state index contributed by atoms with van der Waals surface area (Å²) in [6, 6.07) is 2.27. The first-order valence-corrected chi connectivity index (χ1v) is 7.31. The van der Waals surface area contributed by atoms with Gasteiger partial charge < -0.3 is 14.9 Å². The Kier molecular flexibility index (Phi) is 4.80. The van der Waals surface area contributed by atoms with E-state index in [9.17, 15) is 19.6 Å². The van der Waals surface area contributed by atoms with E-state index in [2.05, 4.69) is 15.9 Å². The number of nitro groups is 1. The first-order valence-electron chi connectivity index (χ1n) is 6.52. The van der Waals surface area contributed by atoms with Gasteiger partial charge in [0.1, 0.15) is 11.5 Å². The molecular weight excluding hydrogens is 345 g/mol. The van der Waals surface area contributed by atoms with Crippen LogP contribution in [0.15, 0.2) is 16.6 Å². The van der Waals surface area contributed by atoms with Crippen LogP contribution in [0.4, 0.5) is 15.8 Å². The largest absolute Gasteiger partial charge is 0.391 e. The van der Waals surface area contributed by atoms with Crippen molar-refractivity contribution in [3.8, 4) is 0 Å². The van der Waals surface area contributed by atoms with Crippen molar-refractivity contribution in [3.63, 3.8) is 0 Å². The minimum absolute atomic E-state index is 0.0499. The van der Waals surface area contributed by atoms with E-state index < -0.39 is 16.8 Å². The Hall–Kier alpha value is -1.25. The molecule has 8 heteroatoms. The quantitative estimate of drug-likeness (QED) is 0.656. The molecule has 1 aliphatic heterocycles. The van der Waals surface area contributed by atoms with Gasteiger partial charge in [-0.2, -0.15) is 0 Å². The number of nitrogens with zero attached hydrogens (tertiary/aromatic N) is 3. The Morgan fingerprint density at radius 1 is 1.57 bits per heavy atom. The molecule has 1 fully saturated rings. The fourth-order valence-corrected chi connectivity index (χ4v) is 3.02. The predicted octanol–water partition coefficient (Wildman–Crippen LogP) is 2.00. The van der Waals surface area contributed by atoms with Crippen molar-refractivity contribution in [3.05, 3.63) is 32.5 Å². The third-order valence-corrected chi connectivity index (χ3v) is 4.10. The van der Waals surface area contributed by atoms with Crippen molar-refractivity contribution in [2.24, 2.45) is 0 Å². The van der Waals surface area contributed by atoms with E-state index in [1.807, 2.05) is 19.0 Å². The zero-order chi connectivity index (χ0) is 15.7. The van der Waals surface area contributed by atoms with Crippen LogP contribution in [0.2, 0.25) is 0 Å². The normalized spacial score (nSPS) is 22.1. The number of likely N-dealkylation sites (N-methyl/N-ethyl adjacent to an activating group) is 1. The van der Waals surface area contributed by atoms with E-state index in [1.54, 1.807) is 4.90 Å². The summed E-state index contributed by atoms with van der Waals surface area (Å²) in [7, 11) is 3.80. The molecule has 1 aromatic carbocycles. The highest BCUT2D eigenvalue weighted by Gasteiger charge is 2.35. The van der Waals surface area contributed by atoms with Gasteiger partial charge >= 0.3 is 0 Å². The van der Waals surface area contributed by atoms with Crippen molar-refractivity contribution < 1.29 is 14.4 Å². The van der Waals surface area contributed by atoms with E-state index in [0.717, 1.165) is 6.07 Å². The number of hydrogen-bond donors (Lipinski definition) is 1. The van der Waals surface area contributed by atoms with Gasteiger partial charge in [-0.25, -0.2) is 4.39 Å². The minimum Gasteiger partial charge on any atom is -0.391 e. The average Bonchev–Trinajstić information content (AvgIpc) is 2.71. The number of aliphatic hydroxyl groups is 1. The van der Waals surface area contributed by atoms with Crippen molar-refractivity contribution in [1.82, 2.24) is 4.90 Å². The number of anilines is 1. The highest BCUT2D eigenvalue weighted by atomic mass is 79.9. The molecule has 0 spiro atoms. The topological polar surface area (TPSA) is 69.8 Å². The van der Waals surface area contributed by atoms with Gasteiger partial charge in [0.05, 0.1) is 21.6 Å². The maximum atomic E-state index is 13.6. The van der Waals surface area contributed by atoms with E-state index in [-0.39, 0.29) is 16.2 Å². The Bertz CT molecular complexity index is 556. The van der Waals surface area contributed by atoms with Crippen LogP contribution >= 0.6 is 15.9 Å². The molecule has 116 valence electrons. The minimum atomic E-state index is -0.672. The molecular formula is C13H17BrFN3O3. The molecule has 0 amide bonds. The van der Waals surface area contributed by atoms with Crippen LogP contribution in [-0.2, 0) is 0 Å². The second kappa shape index (κ2) is 6.25. The number of benzene rings is 1. The summed E-state index contributed by atoms with van der Waals surface area (Å²) in [6.07, 6.45) is -0.0111. The van der Waals surface area contributed by atoms with E-state index in [1.165, 1.54) is 6.07 Å². The second-order valence-electron chi connectivity index (χ2n) is 5.47. The molecule has 1 aromatic rings. The monoisotopic (exact) mass is 361 g/mol. The van der Waals surface area contributed by atoms with Crippen molar-refractivity contribution in [2.75, 3.05) is 32.1 Å². The summed E-state index contributed by atoms with van der Waals surface area (Å²) in [5.74, 6) is -0.672. The number of hydrogen-bond acceptors (Lipinski definition) is 5. The van der Waals surface area contributed by atoms with Gasteiger partial charge in [0.25, 0.3) is 5.69 Å². The first-order chi connectivity index (χ1) is 9.79. The fourth-order valence-electron chi connectivity index (χ4n) is 2.68. The molecule has 0 radical (unpaired) electrons. The van der Waals surface area contributed by atoms with Crippen molar-refractivity contribution in [1.29, 1.82) is 0 Å². The number of nitro benzene ring substituents is 1. The van der Waals surface area contributed by atoms with Crippen LogP contribution in [-0.4, -0.2) is 54.3 Å². The molecule has 1 aliphatic rings. The zero-order valence-corrected chi connectivity index (χ0v) is 13.4. The summed E-state index contributed by atoms with van der Waals surface area (Å²) in [5, 5.41) is 21.1. The lowest BCUT2D eigenvalue weighted by Crippen LogP contribution is -2.38. The molecule has 0 bridgehead atoms. The third-order valence-electron chi connectivity index (χ3n) is 3.49. The molecule has 2 atom stereocenters. The van der Waals surface area contributed by atoms with Crippen LogP contribution < -0.4 is 4.90 Å². The Labute approximate surface area is 130 Å². The average molecular weight is 362 g/mol. The molecule has 0 saturated carbocycles. The van der Waals surface area contributed by atoms with Crippen LogP contribution in [0.25, 0.3) is 0 Å². The maximum Gasteiger partial charge on any atom is 0.295 e. The lowest BCUT2D eigenvalue weighted by Gasteiger charge is -2.28. The molecule has 1 N–H and O–H groups in total. The fraction of sp³-hybridized carbons (Fsp3) is 0.538. The smallest absolute Gasteiger partial charge is 0.295 e. The molecule has 2 unspecified atom stereocenters. The highest BCUT2D eigenvalue weighted by Crippen LogP contribution is 2.37. The predicted molar refractivity (Wildman–Crippen MR) is 81.1 cm³/mol. The summed E-state index contributed by atoms with van der Waals surface area (Å²) in [6.45, 7) is 0.959. The van der Waals surface area contributed by atoms with E-state index >= 15 is 0 Å². The Morgan fingerprint density at radius 3 is 2.81 bits per heavy atom. The number of aliphatic hydroxyl groups excluding tert-OH is 1. The summed E-state index contributed by atoms with van der Waals surface area (Å²) in [5.41, 5.74) is 0.0465. The van der Waals surface area contributed by atoms with Gasteiger partial charge in [0, 0.05) is 19.1 Å². The van der Waals surface area contributed by atoms with Crippen LogP contribution in [0.5, 0.6) is 0 Å². The first kappa shape index (κ1) is 16.1. The van der Waals surface area contributed by atoms with Crippen molar-refractivity contribution in [2.45, 2.75) is 18.6 Å².